The van der Waals surface area contributed by atoms with Gasteiger partial charge in [-0.25, -0.2) is 4.79 Å². The zero-order valence-corrected chi connectivity index (χ0v) is 13.3. The van der Waals surface area contributed by atoms with E-state index in [1.54, 1.807) is 12.1 Å². The van der Waals surface area contributed by atoms with E-state index < -0.39 is 17.7 Å². The largest absolute Gasteiger partial charge is 0.386 e. The first kappa shape index (κ1) is 15.6. The van der Waals surface area contributed by atoms with Crippen LogP contribution in [0, 0.1) is 0 Å². The van der Waals surface area contributed by atoms with Crippen LogP contribution in [0.4, 0.5) is 4.79 Å². The van der Waals surface area contributed by atoms with E-state index in [0.717, 1.165) is 17.7 Å². The first-order valence-electron chi connectivity index (χ1n) is 7.20. The van der Waals surface area contributed by atoms with E-state index in [1.165, 1.54) is 6.07 Å². The van der Waals surface area contributed by atoms with Crippen molar-refractivity contribution in [1.29, 1.82) is 0 Å². The van der Waals surface area contributed by atoms with Crippen molar-refractivity contribution in [2.75, 3.05) is 6.54 Å². The number of benzene rings is 1. The monoisotopic (exact) mass is 342 g/mol. The fourth-order valence-corrected chi connectivity index (χ4v) is 3.74. The number of rotatable bonds is 3. The van der Waals surface area contributed by atoms with Gasteiger partial charge in [0.15, 0.2) is 0 Å². The van der Waals surface area contributed by atoms with Gasteiger partial charge in [0, 0.05) is 15.6 Å². The van der Waals surface area contributed by atoms with Crippen LogP contribution in [0.2, 0.25) is 10.0 Å². The first-order valence-corrected chi connectivity index (χ1v) is 7.96. The van der Waals surface area contributed by atoms with Crippen LogP contribution >= 0.6 is 23.2 Å². The topological polar surface area (TPSA) is 69.6 Å². The van der Waals surface area contributed by atoms with Gasteiger partial charge in [0.25, 0.3) is 5.91 Å². The standard InChI is InChI=1S/C15H16Cl2N2O3/c16-9-3-4-10(11(17)7-9)12(20)8-19-13(21)15(18-14(19)22)5-1-2-6-15/h3-4,7,12,20H,1-2,5-6,8H2,(H,18,22). The van der Waals surface area contributed by atoms with Gasteiger partial charge in [-0.2, -0.15) is 0 Å². The highest BCUT2D eigenvalue weighted by Crippen LogP contribution is 2.36. The highest BCUT2D eigenvalue weighted by Gasteiger charge is 2.52. The Hall–Kier alpha value is -1.30. The summed E-state index contributed by atoms with van der Waals surface area (Å²) in [6.45, 7) is -0.117. The van der Waals surface area contributed by atoms with E-state index >= 15 is 0 Å². The number of halogens is 2. The lowest BCUT2D eigenvalue weighted by atomic mass is 9.98. The average Bonchev–Trinajstić information content (AvgIpc) is 3.00. The molecule has 1 unspecified atom stereocenters. The third kappa shape index (κ3) is 2.57. The second-order valence-corrected chi connectivity index (χ2v) is 6.66. The summed E-state index contributed by atoms with van der Waals surface area (Å²) in [6, 6.07) is 4.28. The summed E-state index contributed by atoms with van der Waals surface area (Å²) in [5.74, 6) is -0.251. The fourth-order valence-electron chi connectivity index (χ4n) is 3.20. The molecule has 1 saturated carbocycles. The van der Waals surface area contributed by atoms with E-state index in [9.17, 15) is 14.7 Å². The highest BCUT2D eigenvalue weighted by atomic mass is 35.5. The molecule has 3 amide bonds. The minimum Gasteiger partial charge on any atom is -0.386 e. The molecule has 1 atom stereocenters. The molecule has 5 nitrogen and oxygen atoms in total. The van der Waals surface area contributed by atoms with Crippen LogP contribution in [0.1, 0.15) is 37.4 Å². The molecule has 1 aromatic carbocycles. The van der Waals surface area contributed by atoms with E-state index in [2.05, 4.69) is 5.32 Å². The molecule has 1 aromatic rings. The Morgan fingerprint density at radius 3 is 2.59 bits per heavy atom. The number of β-amino-alcohol motifs (C(OH)–C–C–N with tert-alkyl or cyclic N) is 1. The Kier molecular flexibility index (Phi) is 4.05. The zero-order valence-electron chi connectivity index (χ0n) is 11.8. The quantitative estimate of drug-likeness (QED) is 0.829. The molecule has 1 spiro atoms. The Morgan fingerprint density at radius 2 is 1.95 bits per heavy atom. The number of carbonyl (C=O) groups is 2. The number of aliphatic hydroxyl groups is 1. The maximum absolute atomic E-state index is 12.5. The van der Waals surface area contributed by atoms with Crippen molar-refractivity contribution < 1.29 is 14.7 Å². The van der Waals surface area contributed by atoms with Crippen molar-refractivity contribution in [2.24, 2.45) is 0 Å². The minimum atomic E-state index is -1.05. The molecule has 118 valence electrons. The Bertz CT molecular complexity index is 629. The highest BCUT2D eigenvalue weighted by molar-refractivity contribution is 6.35. The smallest absolute Gasteiger partial charge is 0.325 e. The number of urea groups is 1. The van der Waals surface area contributed by atoms with Gasteiger partial charge in [-0.3, -0.25) is 9.69 Å². The lowest BCUT2D eigenvalue weighted by molar-refractivity contribution is -0.132. The van der Waals surface area contributed by atoms with E-state index in [-0.39, 0.29) is 12.5 Å². The third-order valence-electron chi connectivity index (χ3n) is 4.38. The van der Waals surface area contributed by atoms with Crippen LogP contribution in [0.5, 0.6) is 0 Å². The van der Waals surface area contributed by atoms with Crippen molar-refractivity contribution in [2.45, 2.75) is 37.3 Å². The number of hydrogen-bond donors (Lipinski definition) is 2. The van der Waals surface area contributed by atoms with Crippen LogP contribution in [-0.2, 0) is 4.79 Å². The van der Waals surface area contributed by atoms with Gasteiger partial charge in [-0.05, 0) is 25.0 Å². The van der Waals surface area contributed by atoms with Gasteiger partial charge in [0.05, 0.1) is 12.6 Å². The number of nitrogens with zero attached hydrogens (tertiary/aromatic N) is 1. The molecule has 2 N–H and O–H groups in total. The van der Waals surface area contributed by atoms with Crippen LogP contribution < -0.4 is 5.32 Å². The normalized spacial score (nSPS) is 21.5. The van der Waals surface area contributed by atoms with E-state index in [1.807, 2.05) is 0 Å². The number of amides is 3. The Morgan fingerprint density at radius 1 is 1.27 bits per heavy atom. The molecule has 2 aliphatic rings. The van der Waals surface area contributed by atoms with Crippen LogP contribution in [-0.4, -0.2) is 34.0 Å². The van der Waals surface area contributed by atoms with Crippen molar-refractivity contribution >= 4 is 35.1 Å². The Labute approximate surface area is 138 Å². The molecule has 7 heteroatoms. The molecular formula is C15H16Cl2N2O3. The Balaban J connectivity index is 1.77. The summed E-state index contributed by atoms with van der Waals surface area (Å²) in [6.07, 6.45) is 2.12. The number of aliphatic hydroxyl groups excluding tert-OH is 1. The van der Waals surface area contributed by atoms with E-state index in [0.29, 0.717) is 28.5 Å². The van der Waals surface area contributed by atoms with Crippen LogP contribution in [0.15, 0.2) is 18.2 Å². The molecule has 0 radical (unpaired) electrons. The number of hydrogen-bond acceptors (Lipinski definition) is 3. The molecule has 22 heavy (non-hydrogen) atoms. The van der Waals surface area contributed by atoms with E-state index in [4.69, 9.17) is 23.2 Å². The summed E-state index contributed by atoms with van der Waals surface area (Å²) < 4.78 is 0. The van der Waals surface area contributed by atoms with Crippen molar-refractivity contribution in [3.8, 4) is 0 Å². The average molecular weight is 343 g/mol. The fraction of sp³-hybridized carbons (Fsp3) is 0.467. The summed E-state index contributed by atoms with van der Waals surface area (Å²) in [5, 5.41) is 13.9. The molecule has 2 fully saturated rings. The van der Waals surface area contributed by atoms with Crippen molar-refractivity contribution in [1.82, 2.24) is 10.2 Å². The second-order valence-electron chi connectivity index (χ2n) is 5.82. The predicted octanol–water partition coefficient (Wildman–Crippen LogP) is 2.89. The number of carbonyl (C=O) groups excluding carboxylic acids is 2. The number of nitrogens with one attached hydrogen (secondary N) is 1. The number of imide groups is 1. The summed E-state index contributed by atoms with van der Waals surface area (Å²) in [7, 11) is 0. The summed E-state index contributed by atoms with van der Waals surface area (Å²) in [4.78, 5) is 25.7. The van der Waals surface area contributed by atoms with Gasteiger partial charge in [0.1, 0.15) is 5.54 Å². The molecule has 0 aromatic heterocycles. The third-order valence-corrected chi connectivity index (χ3v) is 4.94. The molecule has 1 saturated heterocycles. The molecule has 0 bridgehead atoms. The lowest BCUT2D eigenvalue weighted by Crippen LogP contribution is -2.44. The lowest BCUT2D eigenvalue weighted by Gasteiger charge is -2.22. The van der Waals surface area contributed by atoms with Gasteiger partial charge in [0.2, 0.25) is 0 Å². The summed E-state index contributed by atoms with van der Waals surface area (Å²) >= 11 is 11.9. The SMILES string of the molecule is O=C1NC2(CCCC2)C(=O)N1CC(O)c1ccc(Cl)cc1Cl. The molecular weight excluding hydrogens is 327 g/mol. The van der Waals surface area contributed by atoms with Crippen LogP contribution in [0.3, 0.4) is 0 Å². The van der Waals surface area contributed by atoms with Gasteiger partial charge in [-0.1, -0.05) is 42.1 Å². The maximum Gasteiger partial charge on any atom is 0.325 e. The van der Waals surface area contributed by atoms with Crippen molar-refractivity contribution in [3.05, 3.63) is 33.8 Å². The molecule has 1 aliphatic carbocycles. The van der Waals surface area contributed by atoms with Crippen molar-refractivity contribution in [3.63, 3.8) is 0 Å². The van der Waals surface area contributed by atoms with Crippen LogP contribution in [0.25, 0.3) is 0 Å². The summed E-state index contributed by atoms with van der Waals surface area (Å²) in [5.41, 5.74) is -0.320. The zero-order chi connectivity index (χ0) is 15.9. The second kappa shape index (κ2) is 5.72. The maximum atomic E-state index is 12.5. The minimum absolute atomic E-state index is 0.117. The van der Waals surface area contributed by atoms with Gasteiger partial charge >= 0.3 is 6.03 Å². The van der Waals surface area contributed by atoms with Gasteiger partial charge in [-0.15, -0.1) is 0 Å². The van der Waals surface area contributed by atoms with Gasteiger partial charge < -0.3 is 10.4 Å². The first-order chi connectivity index (χ1) is 10.4. The molecule has 3 rings (SSSR count). The molecule has 1 heterocycles. The predicted molar refractivity (Wildman–Crippen MR) is 82.9 cm³/mol. The molecule has 1 aliphatic heterocycles.